The Morgan fingerprint density at radius 2 is 2.16 bits per heavy atom. The van der Waals surface area contributed by atoms with Crippen molar-refractivity contribution in [1.82, 2.24) is 9.97 Å². The molecule has 19 heavy (non-hydrogen) atoms. The summed E-state index contributed by atoms with van der Waals surface area (Å²) in [6, 6.07) is 1.24. The van der Waals surface area contributed by atoms with Gasteiger partial charge in [0.1, 0.15) is 5.82 Å². The molecule has 1 saturated heterocycles. The molecule has 1 fully saturated rings. The third-order valence-electron chi connectivity index (χ3n) is 3.19. The van der Waals surface area contributed by atoms with Gasteiger partial charge in [-0.3, -0.25) is 0 Å². The van der Waals surface area contributed by atoms with Crippen molar-refractivity contribution in [2.24, 2.45) is 0 Å². The van der Waals surface area contributed by atoms with E-state index in [-0.39, 0.29) is 12.0 Å². The Labute approximate surface area is 110 Å². The van der Waals surface area contributed by atoms with E-state index in [4.69, 9.17) is 0 Å². The summed E-state index contributed by atoms with van der Waals surface area (Å²) in [5.41, 5.74) is -0.896. The summed E-state index contributed by atoms with van der Waals surface area (Å²) in [6.45, 7) is 5.01. The molecule has 1 aliphatic heterocycles. The number of hydrogen-bond acceptors (Lipinski definition) is 4. The smallest absolute Gasteiger partial charge is 0.354 e. The first-order chi connectivity index (χ1) is 8.91. The van der Waals surface area contributed by atoms with Crippen molar-refractivity contribution in [2.75, 3.05) is 23.3 Å². The standard InChI is InChI=1S/C12H17F3N4/c1-3-16-11-17-9(12(13,14)15)7-10(18-11)19-6-4-5-8(19)2/h7-8H,3-6H2,1-2H3,(H,16,17,18). The van der Waals surface area contributed by atoms with E-state index in [1.807, 2.05) is 11.8 Å². The zero-order valence-electron chi connectivity index (χ0n) is 11.0. The van der Waals surface area contributed by atoms with Crippen LogP contribution in [0, 0.1) is 0 Å². The second-order valence-corrected chi connectivity index (χ2v) is 4.65. The van der Waals surface area contributed by atoms with E-state index in [0.29, 0.717) is 12.4 Å². The first kappa shape index (κ1) is 13.9. The fourth-order valence-corrected chi connectivity index (χ4v) is 2.24. The molecule has 106 valence electrons. The van der Waals surface area contributed by atoms with Crippen LogP contribution >= 0.6 is 0 Å². The van der Waals surface area contributed by atoms with E-state index in [2.05, 4.69) is 15.3 Å². The summed E-state index contributed by atoms with van der Waals surface area (Å²) in [5, 5.41) is 2.75. The SMILES string of the molecule is CCNc1nc(N2CCCC2C)cc(C(F)(F)F)n1. The minimum atomic E-state index is -4.45. The quantitative estimate of drug-likeness (QED) is 0.920. The summed E-state index contributed by atoms with van der Waals surface area (Å²) in [4.78, 5) is 9.59. The number of nitrogens with one attached hydrogen (secondary N) is 1. The van der Waals surface area contributed by atoms with Crippen LogP contribution in [0.5, 0.6) is 0 Å². The molecule has 0 bridgehead atoms. The predicted octanol–water partition coefficient (Wildman–Crippen LogP) is 2.92. The van der Waals surface area contributed by atoms with Crippen LogP contribution in [0.4, 0.5) is 24.9 Å². The van der Waals surface area contributed by atoms with Crippen molar-refractivity contribution in [3.05, 3.63) is 11.8 Å². The Morgan fingerprint density at radius 3 is 2.68 bits per heavy atom. The molecule has 1 aromatic heterocycles. The van der Waals surface area contributed by atoms with Gasteiger partial charge in [0.05, 0.1) is 0 Å². The molecule has 1 unspecified atom stereocenters. The van der Waals surface area contributed by atoms with Crippen molar-refractivity contribution in [1.29, 1.82) is 0 Å². The summed E-state index contributed by atoms with van der Waals surface area (Å²) >= 11 is 0. The Morgan fingerprint density at radius 1 is 1.42 bits per heavy atom. The van der Waals surface area contributed by atoms with Crippen molar-refractivity contribution < 1.29 is 13.2 Å². The second kappa shape index (κ2) is 5.22. The van der Waals surface area contributed by atoms with Gasteiger partial charge in [-0.25, -0.2) is 4.98 Å². The highest BCUT2D eigenvalue weighted by Gasteiger charge is 2.35. The Hall–Kier alpha value is -1.53. The second-order valence-electron chi connectivity index (χ2n) is 4.65. The van der Waals surface area contributed by atoms with Crippen molar-refractivity contribution >= 4 is 11.8 Å². The molecule has 1 N–H and O–H groups in total. The molecule has 0 aliphatic carbocycles. The number of rotatable bonds is 3. The number of aromatic nitrogens is 2. The molecule has 0 aromatic carbocycles. The number of halogens is 3. The van der Waals surface area contributed by atoms with Crippen LogP contribution in [0.1, 0.15) is 32.4 Å². The lowest BCUT2D eigenvalue weighted by Gasteiger charge is -2.23. The van der Waals surface area contributed by atoms with Crippen LogP contribution in [0.2, 0.25) is 0 Å². The van der Waals surface area contributed by atoms with Gasteiger partial charge in [0.2, 0.25) is 5.95 Å². The van der Waals surface area contributed by atoms with Gasteiger partial charge in [-0.05, 0) is 26.7 Å². The molecule has 1 aromatic rings. The lowest BCUT2D eigenvalue weighted by atomic mass is 10.2. The zero-order chi connectivity index (χ0) is 14.0. The fourth-order valence-electron chi connectivity index (χ4n) is 2.24. The molecule has 1 atom stereocenters. The maximum atomic E-state index is 12.8. The Kier molecular flexibility index (Phi) is 3.82. The molecule has 7 heteroatoms. The van der Waals surface area contributed by atoms with Gasteiger partial charge in [-0.15, -0.1) is 0 Å². The molecule has 4 nitrogen and oxygen atoms in total. The molecule has 0 saturated carbocycles. The lowest BCUT2D eigenvalue weighted by molar-refractivity contribution is -0.141. The first-order valence-electron chi connectivity index (χ1n) is 6.38. The van der Waals surface area contributed by atoms with Crippen molar-refractivity contribution in [3.8, 4) is 0 Å². The van der Waals surface area contributed by atoms with Crippen LogP contribution in [0.3, 0.4) is 0 Å². The van der Waals surface area contributed by atoms with Gasteiger partial charge in [0, 0.05) is 25.2 Å². The Bertz CT molecular complexity index is 447. The maximum absolute atomic E-state index is 12.8. The maximum Gasteiger partial charge on any atom is 0.433 e. The highest BCUT2D eigenvalue weighted by molar-refractivity contribution is 5.47. The highest BCUT2D eigenvalue weighted by atomic mass is 19.4. The number of hydrogen-bond donors (Lipinski definition) is 1. The van der Waals surface area contributed by atoms with E-state index >= 15 is 0 Å². The van der Waals surface area contributed by atoms with Gasteiger partial charge in [-0.1, -0.05) is 0 Å². The number of alkyl halides is 3. The van der Waals surface area contributed by atoms with Crippen molar-refractivity contribution in [2.45, 2.75) is 38.9 Å². The van der Waals surface area contributed by atoms with Gasteiger partial charge < -0.3 is 10.2 Å². The average molecular weight is 274 g/mol. The molecule has 2 rings (SSSR count). The molecule has 0 spiro atoms. The van der Waals surface area contributed by atoms with E-state index in [9.17, 15) is 13.2 Å². The van der Waals surface area contributed by atoms with Crippen molar-refractivity contribution in [3.63, 3.8) is 0 Å². The van der Waals surface area contributed by atoms with Gasteiger partial charge in [-0.2, -0.15) is 18.2 Å². The summed E-state index contributed by atoms with van der Waals surface area (Å²) in [7, 11) is 0. The summed E-state index contributed by atoms with van der Waals surface area (Å²) in [6.07, 6.45) is -2.50. The van der Waals surface area contributed by atoms with Gasteiger partial charge in [0.25, 0.3) is 0 Å². The first-order valence-corrected chi connectivity index (χ1v) is 6.38. The third-order valence-corrected chi connectivity index (χ3v) is 3.19. The molecular formula is C12H17F3N4. The van der Waals surface area contributed by atoms with E-state index in [1.54, 1.807) is 6.92 Å². The van der Waals surface area contributed by atoms with Gasteiger partial charge >= 0.3 is 6.18 Å². The van der Waals surface area contributed by atoms with E-state index < -0.39 is 11.9 Å². The zero-order valence-corrected chi connectivity index (χ0v) is 11.0. The largest absolute Gasteiger partial charge is 0.433 e. The van der Waals surface area contributed by atoms with Gasteiger partial charge in [0.15, 0.2) is 5.69 Å². The summed E-state index contributed by atoms with van der Waals surface area (Å²) in [5.74, 6) is 0.384. The molecular weight excluding hydrogens is 257 g/mol. The lowest BCUT2D eigenvalue weighted by Crippen LogP contribution is -2.28. The normalized spacial score (nSPS) is 19.8. The van der Waals surface area contributed by atoms with Crippen LogP contribution in [-0.4, -0.2) is 29.1 Å². The Balaban J connectivity index is 2.39. The van der Waals surface area contributed by atoms with E-state index in [0.717, 1.165) is 25.5 Å². The molecule has 0 amide bonds. The fraction of sp³-hybridized carbons (Fsp3) is 0.667. The monoisotopic (exact) mass is 274 g/mol. The van der Waals surface area contributed by atoms with Crippen LogP contribution in [0.25, 0.3) is 0 Å². The van der Waals surface area contributed by atoms with E-state index in [1.165, 1.54) is 0 Å². The number of anilines is 2. The minimum Gasteiger partial charge on any atom is -0.354 e. The number of nitrogens with zero attached hydrogens (tertiary/aromatic N) is 3. The molecule has 2 heterocycles. The molecule has 1 aliphatic rings. The predicted molar refractivity (Wildman–Crippen MR) is 67.2 cm³/mol. The highest BCUT2D eigenvalue weighted by Crippen LogP contribution is 2.32. The third kappa shape index (κ3) is 3.08. The van der Waals surface area contributed by atoms with Crippen LogP contribution < -0.4 is 10.2 Å². The minimum absolute atomic E-state index is 0.0337. The topological polar surface area (TPSA) is 41.1 Å². The summed E-state index contributed by atoms with van der Waals surface area (Å²) < 4.78 is 38.5. The molecule has 0 radical (unpaired) electrons. The average Bonchev–Trinajstić information content (AvgIpc) is 2.74. The van der Waals surface area contributed by atoms with Crippen LogP contribution in [0.15, 0.2) is 6.07 Å². The van der Waals surface area contributed by atoms with Crippen LogP contribution in [-0.2, 0) is 6.18 Å².